The summed E-state index contributed by atoms with van der Waals surface area (Å²) < 4.78 is 25.7. The lowest BCUT2D eigenvalue weighted by Gasteiger charge is -2.47. The number of hydrogen-bond donors (Lipinski definition) is 0. The number of nitrogens with zero attached hydrogens (tertiary/aromatic N) is 5. The van der Waals surface area contributed by atoms with Gasteiger partial charge >= 0.3 is 0 Å². The van der Waals surface area contributed by atoms with Crippen molar-refractivity contribution in [3.8, 4) is 11.5 Å². The number of hydrogen-bond acceptors (Lipinski definition) is 7. The van der Waals surface area contributed by atoms with Crippen LogP contribution in [0.3, 0.4) is 0 Å². The maximum Gasteiger partial charge on any atom is 0.222 e. The van der Waals surface area contributed by atoms with Crippen LogP contribution in [0, 0.1) is 11.7 Å². The van der Waals surface area contributed by atoms with Crippen LogP contribution in [0.2, 0.25) is 0 Å². The Hall–Kier alpha value is -2.88. The van der Waals surface area contributed by atoms with E-state index in [2.05, 4.69) is 37.6 Å². The van der Waals surface area contributed by atoms with E-state index in [1.54, 1.807) is 26.4 Å². The highest BCUT2D eigenvalue weighted by molar-refractivity contribution is 5.76. The van der Waals surface area contributed by atoms with Crippen LogP contribution in [0.5, 0.6) is 11.5 Å². The third-order valence-corrected chi connectivity index (χ3v) is 9.43. The molecule has 2 aromatic rings. The maximum atomic E-state index is 14.5. The van der Waals surface area contributed by atoms with Crippen molar-refractivity contribution in [2.75, 3.05) is 91.6 Å². The second-order valence-corrected chi connectivity index (χ2v) is 12.1. The van der Waals surface area contributed by atoms with Crippen molar-refractivity contribution >= 4 is 11.6 Å². The number of piperidine rings is 1. The van der Waals surface area contributed by atoms with E-state index in [4.69, 9.17) is 9.47 Å². The lowest BCUT2D eigenvalue weighted by atomic mass is 9.86. The van der Waals surface area contributed by atoms with Crippen molar-refractivity contribution < 1.29 is 18.7 Å². The summed E-state index contributed by atoms with van der Waals surface area (Å²) in [6.45, 7) is 9.84. The molecular weight excluding hydrogens is 533 g/mol. The fraction of sp³-hybridized carbons (Fsp3) is 0.606. The molecule has 3 aliphatic heterocycles. The van der Waals surface area contributed by atoms with Crippen LogP contribution in [0.15, 0.2) is 42.5 Å². The van der Waals surface area contributed by atoms with Gasteiger partial charge in [-0.1, -0.05) is 24.3 Å². The molecule has 0 bridgehead atoms. The summed E-state index contributed by atoms with van der Waals surface area (Å²) in [5.41, 5.74) is 1.82. The molecule has 230 valence electrons. The molecule has 0 saturated carbocycles. The van der Waals surface area contributed by atoms with E-state index in [1.807, 2.05) is 24.3 Å². The van der Waals surface area contributed by atoms with Gasteiger partial charge in [-0.2, -0.15) is 0 Å². The zero-order valence-corrected chi connectivity index (χ0v) is 25.6. The van der Waals surface area contributed by atoms with Gasteiger partial charge in [-0.25, -0.2) is 4.39 Å². The van der Waals surface area contributed by atoms with Gasteiger partial charge in [0.2, 0.25) is 5.91 Å². The SMILES string of the molecule is COc1cccc(CN2CC[C@@H](N3CCN(c4ccccc4F)CC3)[C@@H](CCC(=O)N3CCCN(C)CC3)C2)c1OC. The highest BCUT2D eigenvalue weighted by Crippen LogP contribution is 2.34. The molecule has 2 atom stereocenters. The van der Waals surface area contributed by atoms with Crippen molar-refractivity contribution in [3.63, 3.8) is 0 Å². The molecule has 0 radical (unpaired) electrons. The molecule has 3 aliphatic rings. The average molecular weight is 582 g/mol. The molecule has 0 spiro atoms. The Morgan fingerprint density at radius 3 is 2.48 bits per heavy atom. The molecule has 3 heterocycles. The van der Waals surface area contributed by atoms with Crippen LogP contribution in [0.1, 0.15) is 31.2 Å². The molecule has 0 aromatic heterocycles. The number of methoxy groups -OCH3 is 2. The van der Waals surface area contributed by atoms with Crippen molar-refractivity contribution in [3.05, 3.63) is 53.8 Å². The van der Waals surface area contributed by atoms with E-state index in [9.17, 15) is 9.18 Å². The van der Waals surface area contributed by atoms with Crippen molar-refractivity contribution in [1.82, 2.24) is 19.6 Å². The minimum absolute atomic E-state index is 0.150. The first-order valence-electron chi connectivity index (χ1n) is 15.6. The smallest absolute Gasteiger partial charge is 0.222 e. The molecule has 0 unspecified atom stereocenters. The van der Waals surface area contributed by atoms with Gasteiger partial charge in [0.05, 0.1) is 19.9 Å². The van der Waals surface area contributed by atoms with E-state index < -0.39 is 0 Å². The topological polar surface area (TPSA) is 51.7 Å². The number of piperazine rings is 1. The Kier molecular flexibility index (Phi) is 10.6. The van der Waals surface area contributed by atoms with E-state index in [0.717, 1.165) is 108 Å². The van der Waals surface area contributed by atoms with Crippen molar-refractivity contribution in [2.45, 2.75) is 38.3 Å². The average Bonchev–Trinajstić information content (AvgIpc) is 3.24. The van der Waals surface area contributed by atoms with Gasteiger partial charge in [0, 0.05) is 76.9 Å². The Morgan fingerprint density at radius 2 is 1.71 bits per heavy atom. The van der Waals surface area contributed by atoms with E-state index in [0.29, 0.717) is 30.0 Å². The molecule has 9 heteroatoms. The standard InChI is InChI=1S/C33H48FN5O3/c1-35-15-7-16-39(19-18-35)32(40)13-12-26-24-36(25-27-8-6-11-31(41-2)33(27)42-3)17-14-29(26)37-20-22-38(23-21-37)30-10-5-4-9-28(30)34/h4-6,8-11,26,29H,7,12-25H2,1-3H3/t26-,29+/m0/s1. The molecule has 1 amide bonds. The number of likely N-dealkylation sites (N-methyl/N-ethyl adjacent to an activating group) is 1. The van der Waals surface area contributed by atoms with Crippen LogP contribution in [0.4, 0.5) is 10.1 Å². The molecule has 0 N–H and O–H groups in total. The van der Waals surface area contributed by atoms with Gasteiger partial charge in [0.25, 0.3) is 0 Å². The lowest BCUT2D eigenvalue weighted by Crippen LogP contribution is -2.57. The predicted molar refractivity (Wildman–Crippen MR) is 165 cm³/mol. The number of anilines is 1. The largest absolute Gasteiger partial charge is 0.493 e. The van der Waals surface area contributed by atoms with Crippen LogP contribution >= 0.6 is 0 Å². The van der Waals surface area contributed by atoms with Crippen LogP contribution in [-0.4, -0.2) is 118 Å². The van der Waals surface area contributed by atoms with Crippen molar-refractivity contribution in [1.29, 1.82) is 0 Å². The number of amides is 1. The highest BCUT2D eigenvalue weighted by Gasteiger charge is 2.36. The number of carbonyl (C=O) groups excluding carboxylic acids is 1. The fourth-order valence-electron chi connectivity index (χ4n) is 7.09. The highest BCUT2D eigenvalue weighted by atomic mass is 19.1. The summed E-state index contributed by atoms with van der Waals surface area (Å²) in [5, 5.41) is 0. The Balaban J connectivity index is 1.26. The van der Waals surface area contributed by atoms with Crippen molar-refractivity contribution in [2.24, 2.45) is 5.92 Å². The normalized spacial score (nSPS) is 23.0. The monoisotopic (exact) mass is 581 g/mol. The number of ether oxygens (including phenoxy) is 2. The summed E-state index contributed by atoms with van der Waals surface area (Å²) >= 11 is 0. The number of likely N-dealkylation sites (tertiary alicyclic amines) is 1. The van der Waals surface area contributed by atoms with Gasteiger partial charge in [-0.15, -0.1) is 0 Å². The molecule has 3 saturated heterocycles. The zero-order valence-electron chi connectivity index (χ0n) is 25.6. The quantitative estimate of drug-likeness (QED) is 0.447. The number of carbonyl (C=O) groups is 1. The van der Waals surface area contributed by atoms with Crippen LogP contribution < -0.4 is 14.4 Å². The van der Waals surface area contributed by atoms with E-state index in [1.165, 1.54) is 0 Å². The predicted octanol–water partition coefficient (Wildman–Crippen LogP) is 3.80. The first-order chi connectivity index (χ1) is 20.5. The number of benzene rings is 2. The molecular formula is C33H48FN5O3. The minimum atomic E-state index is -0.150. The summed E-state index contributed by atoms with van der Waals surface area (Å²) in [6, 6.07) is 13.6. The maximum absolute atomic E-state index is 14.5. The molecule has 3 fully saturated rings. The number of halogens is 1. The fourth-order valence-corrected chi connectivity index (χ4v) is 7.09. The van der Waals surface area contributed by atoms with Gasteiger partial charge in [-0.05, 0) is 63.5 Å². The summed E-state index contributed by atoms with van der Waals surface area (Å²) in [5.74, 6) is 2.07. The summed E-state index contributed by atoms with van der Waals surface area (Å²) in [7, 11) is 5.51. The Labute approximate surface area is 250 Å². The Morgan fingerprint density at radius 1 is 0.905 bits per heavy atom. The molecule has 5 rings (SSSR count). The minimum Gasteiger partial charge on any atom is -0.493 e. The molecule has 0 aliphatic carbocycles. The van der Waals surface area contributed by atoms with Gasteiger partial charge in [-0.3, -0.25) is 14.6 Å². The second kappa shape index (κ2) is 14.5. The first kappa shape index (κ1) is 30.6. The van der Waals surface area contributed by atoms with Gasteiger partial charge in [0.15, 0.2) is 11.5 Å². The molecule has 2 aromatic carbocycles. The zero-order chi connectivity index (χ0) is 29.5. The lowest BCUT2D eigenvalue weighted by molar-refractivity contribution is -0.131. The van der Waals surface area contributed by atoms with E-state index >= 15 is 0 Å². The van der Waals surface area contributed by atoms with Crippen LogP contribution in [-0.2, 0) is 11.3 Å². The first-order valence-corrected chi connectivity index (χ1v) is 15.6. The number of rotatable bonds is 9. The number of para-hydroxylation sites is 2. The molecule has 42 heavy (non-hydrogen) atoms. The second-order valence-electron chi connectivity index (χ2n) is 12.1. The summed E-state index contributed by atoms with van der Waals surface area (Å²) in [4.78, 5) is 25.0. The summed E-state index contributed by atoms with van der Waals surface area (Å²) in [6.07, 6.45) is 3.57. The molecule has 8 nitrogen and oxygen atoms in total. The Bertz CT molecular complexity index is 1170. The van der Waals surface area contributed by atoms with Gasteiger partial charge in [0.1, 0.15) is 5.82 Å². The third-order valence-electron chi connectivity index (χ3n) is 9.43. The third kappa shape index (κ3) is 7.36. The van der Waals surface area contributed by atoms with Gasteiger partial charge < -0.3 is 24.2 Å². The van der Waals surface area contributed by atoms with E-state index in [-0.39, 0.29) is 5.82 Å². The van der Waals surface area contributed by atoms with Crippen LogP contribution in [0.25, 0.3) is 0 Å².